The SMILES string of the molecule is CC12C=C(F)C=CC1CCN2I. The van der Waals surface area contributed by atoms with Crippen molar-refractivity contribution in [2.45, 2.75) is 18.9 Å². The van der Waals surface area contributed by atoms with Crippen molar-refractivity contribution in [2.75, 3.05) is 6.54 Å². The van der Waals surface area contributed by atoms with Crippen LogP contribution in [0.4, 0.5) is 4.39 Å². The predicted molar refractivity (Wildman–Crippen MR) is 55.6 cm³/mol. The normalized spacial score (nSPS) is 41.2. The summed E-state index contributed by atoms with van der Waals surface area (Å²) in [6, 6.07) is 0. The second-order valence-electron chi connectivity index (χ2n) is 3.60. The number of hydrogen-bond acceptors (Lipinski definition) is 1. The number of rotatable bonds is 0. The van der Waals surface area contributed by atoms with Crippen LogP contribution < -0.4 is 0 Å². The number of halogens is 2. The van der Waals surface area contributed by atoms with Gasteiger partial charge >= 0.3 is 0 Å². The van der Waals surface area contributed by atoms with Crippen LogP contribution in [0.2, 0.25) is 0 Å². The van der Waals surface area contributed by atoms with E-state index in [0.29, 0.717) is 5.92 Å². The molecule has 0 aromatic carbocycles. The molecule has 2 rings (SSSR count). The van der Waals surface area contributed by atoms with Crippen molar-refractivity contribution in [1.82, 2.24) is 3.11 Å². The molecule has 0 amide bonds. The van der Waals surface area contributed by atoms with Crippen LogP contribution in [-0.2, 0) is 0 Å². The monoisotopic (exact) mass is 279 g/mol. The average Bonchev–Trinajstić information content (AvgIpc) is 2.28. The lowest BCUT2D eigenvalue weighted by atomic mass is 9.84. The van der Waals surface area contributed by atoms with Crippen molar-refractivity contribution in [3.8, 4) is 0 Å². The minimum Gasteiger partial charge on any atom is -0.237 e. The van der Waals surface area contributed by atoms with Crippen molar-refractivity contribution in [3.05, 3.63) is 24.1 Å². The summed E-state index contributed by atoms with van der Waals surface area (Å²) in [6.45, 7) is 3.15. The Morgan fingerprint density at radius 2 is 2.50 bits per heavy atom. The van der Waals surface area contributed by atoms with Crippen molar-refractivity contribution >= 4 is 22.9 Å². The molecule has 0 aromatic rings. The molecule has 0 N–H and O–H groups in total. The predicted octanol–water partition coefficient (Wildman–Crippen LogP) is 2.84. The molecule has 0 aromatic heterocycles. The van der Waals surface area contributed by atoms with Gasteiger partial charge in [-0.3, -0.25) is 0 Å². The number of fused-ring (bicyclic) bond motifs is 1. The van der Waals surface area contributed by atoms with Gasteiger partial charge in [-0.2, -0.15) is 0 Å². The highest BCUT2D eigenvalue weighted by molar-refractivity contribution is 14.1. The van der Waals surface area contributed by atoms with E-state index < -0.39 is 0 Å². The summed E-state index contributed by atoms with van der Waals surface area (Å²) >= 11 is 2.28. The third-order valence-corrected chi connectivity index (χ3v) is 4.35. The van der Waals surface area contributed by atoms with Crippen LogP contribution in [0, 0.1) is 5.92 Å². The minimum atomic E-state index is -0.0997. The van der Waals surface area contributed by atoms with E-state index in [9.17, 15) is 4.39 Å². The second-order valence-corrected chi connectivity index (χ2v) is 4.76. The number of nitrogens with zero attached hydrogens (tertiary/aromatic N) is 1. The quantitative estimate of drug-likeness (QED) is 0.487. The van der Waals surface area contributed by atoms with E-state index in [1.807, 2.05) is 6.08 Å². The van der Waals surface area contributed by atoms with E-state index in [1.165, 1.54) is 0 Å². The highest BCUT2D eigenvalue weighted by atomic mass is 127. The van der Waals surface area contributed by atoms with Crippen molar-refractivity contribution in [3.63, 3.8) is 0 Å². The van der Waals surface area contributed by atoms with Crippen LogP contribution in [0.3, 0.4) is 0 Å². The van der Waals surface area contributed by atoms with Crippen molar-refractivity contribution in [2.24, 2.45) is 5.92 Å². The Morgan fingerprint density at radius 3 is 3.25 bits per heavy atom. The van der Waals surface area contributed by atoms with Crippen LogP contribution in [0.15, 0.2) is 24.1 Å². The molecular formula is C9H11FIN. The Bertz CT molecular complexity index is 261. The topological polar surface area (TPSA) is 3.24 Å². The van der Waals surface area contributed by atoms with Gasteiger partial charge in [0.25, 0.3) is 0 Å². The molecule has 1 aliphatic carbocycles. The van der Waals surface area contributed by atoms with Gasteiger partial charge in [0.2, 0.25) is 0 Å². The standard InChI is InChI=1S/C9H11FIN/c1-9-6-8(10)3-2-7(9)4-5-12(9)11/h2-3,6-7H,4-5H2,1H3. The summed E-state index contributed by atoms with van der Waals surface area (Å²) in [4.78, 5) is 0. The van der Waals surface area contributed by atoms with E-state index in [4.69, 9.17) is 0 Å². The molecular weight excluding hydrogens is 268 g/mol. The van der Waals surface area contributed by atoms with Crippen LogP contribution in [0.5, 0.6) is 0 Å². The van der Waals surface area contributed by atoms with Gasteiger partial charge in [-0.05, 0) is 25.5 Å². The third kappa shape index (κ3) is 1.14. The van der Waals surface area contributed by atoms with Gasteiger partial charge < -0.3 is 0 Å². The van der Waals surface area contributed by atoms with Gasteiger partial charge in [-0.1, -0.05) is 6.08 Å². The second kappa shape index (κ2) is 2.80. The first-order chi connectivity index (χ1) is 5.63. The van der Waals surface area contributed by atoms with Crippen molar-refractivity contribution < 1.29 is 4.39 Å². The first-order valence-corrected chi connectivity index (χ1v) is 5.09. The molecule has 0 saturated carbocycles. The fraction of sp³-hybridized carbons (Fsp3) is 0.556. The molecule has 0 radical (unpaired) electrons. The van der Waals surface area contributed by atoms with Crippen LogP contribution in [-0.4, -0.2) is 15.2 Å². The molecule has 1 heterocycles. The van der Waals surface area contributed by atoms with Gasteiger partial charge in [0.05, 0.1) is 5.54 Å². The first-order valence-electron chi connectivity index (χ1n) is 4.13. The molecule has 1 nitrogen and oxygen atoms in total. The fourth-order valence-corrected chi connectivity index (χ4v) is 2.74. The summed E-state index contributed by atoms with van der Waals surface area (Å²) < 4.78 is 15.2. The molecule has 66 valence electrons. The summed E-state index contributed by atoms with van der Waals surface area (Å²) in [7, 11) is 0. The molecule has 12 heavy (non-hydrogen) atoms. The highest BCUT2D eigenvalue weighted by Crippen LogP contribution is 2.42. The molecule has 0 bridgehead atoms. The molecule has 1 saturated heterocycles. The zero-order chi connectivity index (χ0) is 8.77. The molecule has 0 spiro atoms. The zero-order valence-electron chi connectivity index (χ0n) is 6.93. The Hall–Kier alpha value is 0.1000. The summed E-state index contributed by atoms with van der Waals surface area (Å²) in [5, 5.41) is 0. The molecule has 2 atom stereocenters. The zero-order valence-corrected chi connectivity index (χ0v) is 9.08. The number of allylic oxidation sites excluding steroid dienone is 2. The molecule has 3 heteroatoms. The maximum absolute atomic E-state index is 13.0. The van der Waals surface area contributed by atoms with Gasteiger partial charge in [-0.15, -0.1) is 0 Å². The van der Waals surface area contributed by atoms with Gasteiger partial charge in [0, 0.05) is 35.3 Å². The van der Waals surface area contributed by atoms with Crippen molar-refractivity contribution in [1.29, 1.82) is 0 Å². The summed E-state index contributed by atoms with van der Waals surface area (Å²) in [5.41, 5.74) is -0.0839. The van der Waals surface area contributed by atoms with E-state index >= 15 is 0 Å². The average molecular weight is 279 g/mol. The highest BCUT2D eigenvalue weighted by Gasteiger charge is 2.42. The lowest BCUT2D eigenvalue weighted by molar-refractivity contribution is 0.334. The number of hydrogen-bond donors (Lipinski definition) is 0. The molecule has 2 aliphatic rings. The Morgan fingerprint density at radius 1 is 1.75 bits per heavy atom. The van der Waals surface area contributed by atoms with E-state index in [1.54, 1.807) is 12.2 Å². The van der Waals surface area contributed by atoms with Crippen LogP contribution in [0.1, 0.15) is 13.3 Å². The van der Waals surface area contributed by atoms with E-state index in [-0.39, 0.29) is 11.4 Å². The third-order valence-electron chi connectivity index (χ3n) is 2.83. The van der Waals surface area contributed by atoms with Gasteiger partial charge in [-0.25, -0.2) is 7.50 Å². The molecule has 2 unspecified atom stereocenters. The minimum absolute atomic E-state index is 0.0839. The van der Waals surface area contributed by atoms with E-state index in [2.05, 4.69) is 32.9 Å². The Kier molecular flexibility index (Phi) is 2.03. The van der Waals surface area contributed by atoms with E-state index in [0.717, 1.165) is 13.0 Å². The first kappa shape index (κ1) is 8.69. The maximum atomic E-state index is 13.0. The van der Waals surface area contributed by atoms with Crippen LogP contribution >= 0.6 is 22.9 Å². The molecule has 1 fully saturated rings. The summed E-state index contributed by atoms with van der Waals surface area (Å²) in [6.07, 6.45) is 6.45. The van der Waals surface area contributed by atoms with Gasteiger partial charge in [0.15, 0.2) is 0 Å². The van der Waals surface area contributed by atoms with Crippen LogP contribution in [0.25, 0.3) is 0 Å². The van der Waals surface area contributed by atoms with Gasteiger partial charge in [0.1, 0.15) is 5.83 Å². The smallest absolute Gasteiger partial charge is 0.120 e. The summed E-state index contributed by atoms with van der Waals surface area (Å²) in [5.74, 6) is 0.395. The Balaban J connectivity index is 2.37. The maximum Gasteiger partial charge on any atom is 0.120 e. The Labute approximate surface area is 85.8 Å². The molecule has 1 aliphatic heterocycles. The fourth-order valence-electron chi connectivity index (χ4n) is 1.97. The largest absolute Gasteiger partial charge is 0.237 e. The lowest BCUT2D eigenvalue weighted by Crippen LogP contribution is -2.38. The lowest BCUT2D eigenvalue weighted by Gasteiger charge is -2.33.